The maximum absolute atomic E-state index is 12.7. The van der Waals surface area contributed by atoms with Crippen LogP contribution in [0.3, 0.4) is 0 Å². The molecule has 26 heavy (non-hydrogen) atoms. The third-order valence-electron chi connectivity index (χ3n) is 5.16. The van der Waals surface area contributed by atoms with Gasteiger partial charge in [0.2, 0.25) is 5.95 Å². The van der Waals surface area contributed by atoms with E-state index in [1.54, 1.807) is 13.8 Å². The second-order valence-corrected chi connectivity index (χ2v) is 6.89. The molecule has 2 saturated heterocycles. The van der Waals surface area contributed by atoms with Crippen molar-refractivity contribution in [3.8, 4) is 0 Å². The first-order chi connectivity index (χ1) is 12.6. The third kappa shape index (κ3) is 3.11. The Morgan fingerprint density at radius 2 is 1.77 bits per heavy atom. The van der Waals surface area contributed by atoms with Gasteiger partial charge < -0.3 is 19.2 Å². The van der Waals surface area contributed by atoms with Gasteiger partial charge in [-0.3, -0.25) is 4.79 Å². The summed E-state index contributed by atoms with van der Waals surface area (Å²) in [6, 6.07) is 1.95. The molecule has 0 radical (unpaired) electrons. The standard InChI is InChI=1S/C18H24N6O2/c1-13-16(14(2)26-21-13)17(25)23-11-9-22(10-12-23)15-5-6-19-18(20-15)24-7-3-4-8-24/h5-6H,3-4,7-12H2,1-2H3. The zero-order valence-electron chi connectivity index (χ0n) is 15.3. The number of hydrogen-bond donors (Lipinski definition) is 0. The predicted octanol–water partition coefficient (Wildman–Crippen LogP) is 1.64. The molecule has 0 unspecified atom stereocenters. The Labute approximate surface area is 152 Å². The van der Waals surface area contributed by atoms with Crippen molar-refractivity contribution in [3.05, 3.63) is 29.3 Å². The smallest absolute Gasteiger partial charge is 0.259 e. The summed E-state index contributed by atoms with van der Waals surface area (Å²) in [6.07, 6.45) is 4.24. The van der Waals surface area contributed by atoms with Crippen LogP contribution >= 0.6 is 0 Å². The molecular weight excluding hydrogens is 332 g/mol. The number of hydrogen-bond acceptors (Lipinski definition) is 7. The van der Waals surface area contributed by atoms with E-state index in [2.05, 4.69) is 19.9 Å². The first kappa shape index (κ1) is 16.8. The van der Waals surface area contributed by atoms with Crippen molar-refractivity contribution in [1.29, 1.82) is 0 Å². The zero-order valence-corrected chi connectivity index (χ0v) is 15.3. The molecule has 4 rings (SSSR count). The van der Waals surface area contributed by atoms with Crippen molar-refractivity contribution in [3.63, 3.8) is 0 Å². The number of nitrogens with zero attached hydrogens (tertiary/aromatic N) is 6. The molecule has 4 heterocycles. The summed E-state index contributed by atoms with van der Waals surface area (Å²) in [5.41, 5.74) is 1.25. The van der Waals surface area contributed by atoms with Gasteiger partial charge in [-0.05, 0) is 32.8 Å². The summed E-state index contributed by atoms with van der Waals surface area (Å²) in [6.45, 7) is 8.48. The van der Waals surface area contributed by atoms with Crippen LogP contribution in [0, 0.1) is 13.8 Å². The summed E-state index contributed by atoms with van der Waals surface area (Å²) in [5.74, 6) is 2.34. The normalized spacial score (nSPS) is 17.8. The average molecular weight is 356 g/mol. The molecule has 2 aliphatic heterocycles. The fraction of sp³-hybridized carbons (Fsp3) is 0.556. The Bertz CT molecular complexity index is 771. The lowest BCUT2D eigenvalue weighted by Gasteiger charge is -2.35. The van der Waals surface area contributed by atoms with Crippen molar-refractivity contribution in [2.45, 2.75) is 26.7 Å². The van der Waals surface area contributed by atoms with Gasteiger partial charge in [0.1, 0.15) is 17.1 Å². The van der Waals surface area contributed by atoms with E-state index in [1.165, 1.54) is 12.8 Å². The van der Waals surface area contributed by atoms with Crippen molar-refractivity contribution >= 4 is 17.7 Å². The summed E-state index contributed by atoms with van der Waals surface area (Å²) in [4.78, 5) is 28.2. The molecule has 2 aromatic heterocycles. The number of rotatable bonds is 3. The fourth-order valence-electron chi connectivity index (χ4n) is 3.67. The Morgan fingerprint density at radius 3 is 2.42 bits per heavy atom. The Balaban J connectivity index is 1.42. The molecule has 0 saturated carbocycles. The highest BCUT2D eigenvalue weighted by Crippen LogP contribution is 2.21. The number of piperazine rings is 1. The van der Waals surface area contributed by atoms with Crippen LogP contribution in [0.4, 0.5) is 11.8 Å². The maximum Gasteiger partial charge on any atom is 0.259 e. The molecule has 0 bridgehead atoms. The highest BCUT2D eigenvalue weighted by atomic mass is 16.5. The number of aryl methyl sites for hydroxylation is 2. The summed E-state index contributed by atoms with van der Waals surface area (Å²) in [5, 5.41) is 3.89. The summed E-state index contributed by atoms with van der Waals surface area (Å²) >= 11 is 0. The van der Waals surface area contributed by atoms with Crippen LogP contribution < -0.4 is 9.80 Å². The van der Waals surface area contributed by atoms with E-state index in [4.69, 9.17) is 9.51 Å². The van der Waals surface area contributed by atoms with Crippen LogP contribution in [0.25, 0.3) is 0 Å². The monoisotopic (exact) mass is 356 g/mol. The second kappa shape index (κ2) is 6.93. The molecule has 0 spiro atoms. The van der Waals surface area contributed by atoms with E-state index in [0.717, 1.165) is 37.9 Å². The number of carbonyl (C=O) groups is 1. The third-order valence-corrected chi connectivity index (χ3v) is 5.16. The lowest BCUT2D eigenvalue weighted by molar-refractivity contribution is 0.0744. The van der Waals surface area contributed by atoms with Gasteiger partial charge in [-0.1, -0.05) is 5.16 Å². The largest absolute Gasteiger partial charge is 0.361 e. The molecule has 0 aromatic carbocycles. The Hall–Kier alpha value is -2.64. The number of carbonyl (C=O) groups excluding carboxylic acids is 1. The van der Waals surface area contributed by atoms with Crippen LogP contribution in [0.1, 0.15) is 34.7 Å². The van der Waals surface area contributed by atoms with E-state index in [1.807, 2.05) is 17.2 Å². The number of anilines is 2. The highest BCUT2D eigenvalue weighted by molar-refractivity contribution is 5.96. The van der Waals surface area contributed by atoms with Gasteiger partial charge in [0, 0.05) is 45.5 Å². The average Bonchev–Trinajstić information content (AvgIpc) is 3.32. The molecular formula is C18H24N6O2. The molecule has 0 atom stereocenters. The van der Waals surface area contributed by atoms with Gasteiger partial charge in [0.05, 0.1) is 5.69 Å². The molecule has 2 aromatic rings. The molecule has 2 fully saturated rings. The minimum atomic E-state index is 0.00124. The minimum absolute atomic E-state index is 0.00124. The lowest BCUT2D eigenvalue weighted by Crippen LogP contribution is -2.49. The maximum atomic E-state index is 12.7. The number of aromatic nitrogens is 3. The molecule has 1 amide bonds. The number of amides is 1. The quantitative estimate of drug-likeness (QED) is 0.827. The summed E-state index contributed by atoms with van der Waals surface area (Å²) < 4.78 is 5.13. The molecule has 8 nitrogen and oxygen atoms in total. The van der Waals surface area contributed by atoms with E-state index < -0.39 is 0 Å². The van der Waals surface area contributed by atoms with Crippen LogP contribution in [0.2, 0.25) is 0 Å². The predicted molar refractivity (Wildman–Crippen MR) is 97.6 cm³/mol. The second-order valence-electron chi connectivity index (χ2n) is 6.89. The zero-order chi connectivity index (χ0) is 18.1. The Morgan fingerprint density at radius 1 is 1.04 bits per heavy atom. The summed E-state index contributed by atoms with van der Waals surface area (Å²) in [7, 11) is 0. The molecule has 0 N–H and O–H groups in total. The van der Waals surface area contributed by atoms with Gasteiger partial charge in [-0.15, -0.1) is 0 Å². The van der Waals surface area contributed by atoms with E-state index in [9.17, 15) is 4.79 Å². The van der Waals surface area contributed by atoms with Crippen molar-refractivity contribution < 1.29 is 9.32 Å². The van der Waals surface area contributed by atoms with Gasteiger partial charge in [-0.2, -0.15) is 4.98 Å². The van der Waals surface area contributed by atoms with Crippen molar-refractivity contribution in [1.82, 2.24) is 20.0 Å². The van der Waals surface area contributed by atoms with Crippen LogP contribution in [0.5, 0.6) is 0 Å². The van der Waals surface area contributed by atoms with Crippen LogP contribution in [-0.4, -0.2) is 65.2 Å². The van der Waals surface area contributed by atoms with E-state index in [0.29, 0.717) is 30.1 Å². The lowest BCUT2D eigenvalue weighted by atomic mass is 10.1. The van der Waals surface area contributed by atoms with E-state index >= 15 is 0 Å². The van der Waals surface area contributed by atoms with Gasteiger partial charge >= 0.3 is 0 Å². The Kier molecular flexibility index (Phi) is 4.48. The van der Waals surface area contributed by atoms with Crippen molar-refractivity contribution in [2.75, 3.05) is 49.1 Å². The fourth-order valence-corrected chi connectivity index (χ4v) is 3.67. The van der Waals surface area contributed by atoms with Gasteiger partial charge in [-0.25, -0.2) is 4.98 Å². The van der Waals surface area contributed by atoms with Crippen molar-refractivity contribution in [2.24, 2.45) is 0 Å². The topological polar surface area (TPSA) is 78.6 Å². The molecule has 2 aliphatic rings. The first-order valence-electron chi connectivity index (χ1n) is 9.18. The van der Waals surface area contributed by atoms with Crippen LogP contribution in [0.15, 0.2) is 16.8 Å². The van der Waals surface area contributed by atoms with E-state index in [-0.39, 0.29) is 5.91 Å². The molecule has 8 heteroatoms. The van der Waals surface area contributed by atoms with Crippen LogP contribution in [-0.2, 0) is 0 Å². The SMILES string of the molecule is Cc1noc(C)c1C(=O)N1CCN(c2ccnc(N3CCCC3)n2)CC1. The van der Waals surface area contributed by atoms with Gasteiger partial charge in [0.25, 0.3) is 5.91 Å². The minimum Gasteiger partial charge on any atom is -0.361 e. The van der Waals surface area contributed by atoms with Gasteiger partial charge in [0.15, 0.2) is 0 Å². The first-order valence-corrected chi connectivity index (χ1v) is 9.18. The highest BCUT2D eigenvalue weighted by Gasteiger charge is 2.27. The molecule has 0 aliphatic carbocycles. The molecule has 138 valence electrons.